The maximum absolute atomic E-state index is 11.7. The van der Waals surface area contributed by atoms with Crippen molar-refractivity contribution in [3.05, 3.63) is 27.3 Å². The molecule has 98 valence electrons. The van der Waals surface area contributed by atoms with Crippen molar-refractivity contribution in [2.45, 2.75) is 25.8 Å². The van der Waals surface area contributed by atoms with Crippen LogP contribution in [-0.4, -0.2) is 22.5 Å². The number of anilines is 1. The zero-order valence-electron chi connectivity index (χ0n) is 10.2. The fourth-order valence-corrected chi connectivity index (χ4v) is 1.90. The lowest BCUT2D eigenvalue weighted by Gasteiger charge is -2.18. The number of carboxylic acid groups (broad SMARTS) is 1. The molecule has 0 unspecified atom stereocenters. The van der Waals surface area contributed by atoms with Crippen molar-refractivity contribution in [3.63, 3.8) is 0 Å². The van der Waals surface area contributed by atoms with E-state index in [4.69, 9.17) is 10.8 Å². The Labute approximate surface area is 119 Å². The molecule has 0 bridgehead atoms. The SMILES string of the molecule is CC(C)(N)CC(=O)Nc1ccc(I)cc1C(=O)O. The fraction of sp³-hybridized carbons (Fsp3) is 0.333. The van der Waals surface area contributed by atoms with E-state index in [1.165, 1.54) is 6.07 Å². The third-order valence-corrected chi connectivity index (χ3v) is 2.77. The normalized spacial score (nSPS) is 11.1. The van der Waals surface area contributed by atoms with E-state index in [2.05, 4.69) is 5.32 Å². The quantitative estimate of drug-likeness (QED) is 0.715. The van der Waals surface area contributed by atoms with Gasteiger partial charge in [0.15, 0.2) is 0 Å². The summed E-state index contributed by atoms with van der Waals surface area (Å²) in [5.74, 6) is -1.37. The van der Waals surface area contributed by atoms with Crippen LogP contribution >= 0.6 is 22.6 Å². The number of carboxylic acids is 1. The maximum Gasteiger partial charge on any atom is 0.337 e. The molecule has 4 N–H and O–H groups in total. The highest BCUT2D eigenvalue weighted by Crippen LogP contribution is 2.19. The van der Waals surface area contributed by atoms with E-state index in [1.807, 2.05) is 22.6 Å². The Kier molecular flexibility index (Phi) is 4.69. The Morgan fingerprint density at radius 2 is 2.06 bits per heavy atom. The molecule has 18 heavy (non-hydrogen) atoms. The Balaban J connectivity index is 2.91. The van der Waals surface area contributed by atoms with E-state index in [1.54, 1.807) is 26.0 Å². The molecule has 1 rings (SSSR count). The van der Waals surface area contributed by atoms with Crippen molar-refractivity contribution < 1.29 is 14.7 Å². The molecular formula is C12H15IN2O3. The summed E-state index contributed by atoms with van der Waals surface area (Å²) in [6, 6.07) is 4.81. The van der Waals surface area contributed by atoms with Crippen LogP contribution in [0.15, 0.2) is 18.2 Å². The monoisotopic (exact) mass is 362 g/mol. The Hall–Kier alpha value is -1.15. The van der Waals surface area contributed by atoms with E-state index >= 15 is 0 Å². The Bertz CT molecular complexity index is 481. The second-order valence-corrected chi connectivity index (χ2v) is 5.95. The first-order valence-electron chi connectivity index (χ1n) is 5.30. The number of hydrogen-bond donors (Lipinski definition) is 3. The molecule has 0 aliphatic carbocycles. The van der Waals surface area contributed by atoms with Crippen molar-refractivity contribution >= 4 is 40.2 Å². The summed E-state index contributed by atoms with van der Waals surface area (Å²) in [4.78, 5) is 22.8. The lowest BCUT2D eigenvalue weighted by Crippen LogP contribution is -2.36. The largest absolute Gasteiger partial charge is 0.478 e. The number of benzene rings is 1. The molecular weight excluding hydrogens is 347 g/mol. The third kappa shape index (κ3) is 4.61. The molecule has 0 radical (unpaired) electrons. The van der Waals surface area contributed by atoms with Gasteiger partial charge in [-0.15, -0.1) is 0 Å². The first-order valence-corrected chi connectivity index (χ1v) is 6.38. The van der Waals surface area contributed by atoms with Crippen LogP contribution in [0.3, 0.4) is 0 Å². The van der Waals surface area contributed by atoms with Gasteiger partial charge in [0.2, 0.25) is 5.91 Å². The van der Waals surface area contributed by atoms with Gasteiger partial charge in [0.25, 0.3) is 0 Å². The number of amides is 1. The van der Waals surface area contributed by atoms with Crippen LogP contribution in [0, 0.1) is 3.57 Å². The van der Waals surface area contributed by atoms with Crippen LogP contribution in [0.5, 0.6) is 0 Å². The highest BCUT2D eigenvalue weighted by Gasteiger charge is 2.18. The summed E-state index contributed by atoms with van der Waals surface area (Å²) in [5.41, 5.74) is 5.47. The minimum absolute atomic E-state index is 0.0741. The van der Waals surface area contributed by atoms with E-state index in [-0.39, 0.29) is 23.6 Å². The molecule has 0 saturated heterocycles. The lowest BCUT2D eigenvalue weighted by molar-refractivity contribution is -0.117. The predicted octanol–water partition coefficient (Wildman–Crippen LogP) is 2.06. The molecule has 1 aromatic rings. The van der Waals surface area contributed by atoms with Gasteiger partial charge in [-0.25, -0.2) is 4.79 Å². The van der Waals surface area contributed by atoms with Crippen LogP contribution in [0.25, 0.3) is 0 Å². The number of nitrogens with two attached hydrogens (primary N) is 1. The molecule has 0 saturated carbocycles. The second kappa shape index (κ2) is 5.66. The number of hydrogen-bond acceptors (Lipinski definition) is 3. The van der Waals surface area contributed by atoms with Gasteiger partial charge in [0.1, 0.15) is 0 Å². The lowest BCUT2D eigenvalue weighted by atomic mass is 10.0. The van der Waals surface area contributed by atoms with Crippen molar-refractivity contribution in [1.29, 1.82) is 0 Å². The van der Waals surface area contributed by atoms with E-state index < -0.39 is 11.5 Å². The van der Waals surface area contributed by atoms with Crippen LogP contribution in [0.1, 0.15) is 30.6 Å². The molecule has 0 heterocycles. The van der Waals surface area contributed by atoms with Crippen LogP contribution in [0.4, 0.5) is 5.69 Å². The summed E-state index contributed by atoms with van der Waals surface area (Å²) < 4.78 is 0.794. The average Bonchev–Trinajstić information content (AvgIpc) is 2.17. The number of aromatic carboxylic acids is 1. The third-order valence-electron chi connectivity index (χ3n) is 2.10. The molecule has 0 aliphatic heterocycles. The fourth-order valence-electron chi connectivity index (χ4n) is 1.41. The number of carbonyl (C=O) groups excluding carboxylic acids is 1. The van der Waals surface area contributed by atoms with Crippen molar-refractivity contribution in [2.24, 2.45) is 5.73 Å². The zero-order chi connectivity index (χ0) is 13.9. The molecule has 0 atom stereocenters. The van der Waals surface area contributed by atoms with Crippen molar-refractivity contribution in [1.82, 2.24) is 0 Å². The average molecular weight is 362 g/mol. The molecule has 0 aliphatic rings. The minimum atomic E-state index is -1.07. The van der Waals surface area contributed by atoms with E-state index in [0.717, 1.165) is 3.57 Å². The maximum atomic E-state index is 11.7. The van der Waals surface area contributed by atoms with Gasteiger partial charge >= 0.3 is 5.97 Å². The second-order valence-electron chi connectivity index (χ2n) is 4.71. The van der Waals surface area contributed by atoms with Crippen LogP contribution in [-0.2, 0) is 4.79 Å². The number of nitrogens with one attached hydrogen (secondary N) is 1. The summed E-state index contributed by atoms with van der Waals surface area (Å²) in [6.45, 7) is 3.47. The van der Waals surface area contributed by atoms with Crippen LogP contribution in [0.2, 0.25) is 0 Å². The van der Waals surface area contributed by atoms with E-state index in [9.17, 15) is 9.59 Å². The zero-order valence-corrected chi connectivity index (χ0v) is 12.3. The van der Waals surface area contributed by atoms with Crippen molar-refractivity contribution in [3.8, 4) is 0 Å². The molecule has 5 nitrogen and oxygen atoms in total. The molecule has 0 spiro atoms. The molecule has 6 heteroatoms. The van der Waals surface area contributed by atoms with Gasteiger partial charge in [0.05, 0.1) is 11.3 Å². The first-order chi connectivity index (χ1) is 8.19. The van der Waals surface area contributed by atoms with Crippen molar-refractivity contribution in [2.75, 3.05) is 5.32 Å². The van der Waals surface area contributed by atoms with Gasteiger partial charge in [-0.05, 0) is 54.6 Å². The Morgan fingerprint density at radius 3 is 2.56 bits per heavy atom. The predicted molar refractivity (Wildman–Crippen MR) is 77.6 cm³/mol. The van der Waals surface area contributed by atoms with Gasteiger partial charge < -0.3 is 16.2 Å². The van der Waals surface area contributed by atoms with Crippen LogP contribution < -0.4 is 11.1 Å². The molecule has 0 aromatic heterocycles. The highest BCUT2D eigenvalue weighted by atomic mass is 127. The minimum Gasteiger partial charge on any atom is -0.478 e. The van der Waals surface area contributed by atoms with Gasteiger partial charge in [-0.2, -0.15) is 0 Å². The topological polar surface area (TPSA) is 92.4 Å². The molecule has 0 fully saturated rings. The summed E-state index contributed by atoms with van der Waals surface area (Å²) in [5, 5.41) is 11.6. The molecule has 1 amide bonds. The number of carbonyl (C=O) groups is 2. The first kappa shape index (κ1) is 14.9. The smallest absolute Gasteiger partial charge is 0.337 e. The number of rotatable bonds is 4. The summed E-state index contributed by atoms with van der Waals surface area (Å²) >= 11 is 2.02. The van der Waals surface area contributed by atoms with Gasteiger partial charge in [-0.3, -0.25) is 4.79 Å². The number of halogens is 1. The highest BCUT2D eigenvalue weighted by molar-refractivity contribution is 14.1. The Morgan fingerprint density at radius 1 is 1.44 bits per heavy atom. The molecule has 1 aromatic carbocycles. The van der Waals surface area contributed by atoms with Gasteiger partial charge in [-0.1, -0.05) is 0 Å². The van der Waals surface area contributed by atoms with E-state index in [0.29, 0.717) is 0 Å². The summed E-state index contributed by atoms with van der Waals surface area (Å²) in [6.07, 6.45) is 0.123. The standard InChI is InChI=1S/C12H15IN2O3/c1-12(2,14)6-10(16)15-9-4-3-7(13)5-8(9)11(17)18/h3-5H,6,14H2,1-2H3,(H,15,16)(H,17,18). The van der Waals surface area contributed by atoms with Gasteiger partial charge in [0, 0.05) is 15.5 Å². The summed E-state index contributed by atoms with van der Waals surface area (Å²) in [7, 11) is 0.